The molecule has 25 heavy (non-hydrogen) atoms. The molecule has 0 atom stereocenters. The van der Waals surface area contributed by atoms with Crippen molar-refractivity contribution in [1.29, 1.82) is 0 Å². The average Bonchev–Trinajstić information content (AvgIpc) is 3.06. The molecule has 1 aliphatic heterocycles. The van der Waals surface area contributed by atoms with Crippen molar-refractivity contribution in [2.24, 2.45) is 0 Å². The summed E-state index contributed by atoms with van der Waals surface area (Å²) in [6, 6.07) is 8.03. The summed E-state index contributed by atoms with van der Waals surface area (Å²) < 4.78 is 29.7. The summed E-state index contributed by atoms with van der Waals surface area (Å²) in [5.74, 6) is 1.18. The molecule has 130 valence electrons. The Hall–Kier alpha value is -2.47. The van der Waals surface area contributed by atoms with Gasteiger partial charge in [0.2, 0.25) is 0 Å². The van der Waals surface area contributed by atoms with Gasteiger partial charge in [-0.1, -0.05) is 23.9 Å². The van der Waals surface area contributed by atoms with Gasteiger partial charge in [0.15, 0.2) is 17.3 Å². The predicted octanol–water partition coefficient (Wildman–Crippen LogP) is 4.57. The topological polar surface area (TPSA) is 44.8 Å². The Bertz CT molecular complexity index is 832. The summed E-state index contributed by atoms with van der Waals surface area (Å²) in [6.45, 7) is 2.32. The van der Waals surface area contributed by atoms with Crippen LogP contribution in [0.5, 0.6) is 17.2 Å². The van der Waals surface area contributed by atoms with Gasteiger partial charge in [0, 0.05) is 0 Å². The summed E-state index contributed by atoms with van der Waals surface area (Å²) in [7, 11) is 1.40. The van der Waals surface area contributed by atoms with Gasteiger partial charge in [-0.05, 0) is 42.8 Å². The van der Waals surface area contributed by atoms with E-state index in [9.17, 15) is 9.18 Å². The van der Waals surface area contributed by atoms with Crippen LogP contribution in [0, 0.1) is 5.82 Å². The highest BCUT2D eigenvalue weighted by Crippen LogP contribution is 2.40. The number of fused-ring (bicyclic) bond motifs is 1. The Morgan fingerprint density at radius 3 is 2.88 bits per heavy atom. The van der Waals surface area contributed by atoms with Crippen LogP contribution in [-0.4, -0.2) is 25.4 Å². The number of thioether (sulfide) groups is 1. The third-order valence-corrected chi connectivity index (χ3v) is 4.51. The van der Waals surface area contributed by atoms with E-state index >= 15 is 0 Å². The van der Waals surface area contributed by atoms with Gasteiger partial charge in [-0.25, -0.2) is 4.39 Å². The number of allylic oxidation sites excluding steroid dienone is 1. The molecule has 0 spiro atoms. The lowest BCUT2D eigenvalue weighted by Gasteiger charge is -2.10. The monoisotopic (exact) mass is 360 g/mol. The minimum atomic E-state index is -0.477. The molecular formula is C19H17FO4S. The molecule has 6 heteroatoms. The number of carbonyl (C=O) groups is 1. The van der Waals surface area contributed by atoms with Crippen LogP contribution < -0.4 is 14.2 Å². The van der Waals surface area contributed by atoms with Crippen molar-refractivity contribution < 1.29 is 23.4 Å². The highest BCUT2D eigenvalue weighted by atomic mass is 32.2. The second-order valence-electron chi connectivity index (χ2n) is 5.23. The number of halogens is 1. The maximum absolute atomic E-state index is 13.7. The van der Waals surface area contributed by atoms with E-state index in [1.807, 2.05) is 13.0 Å². The summed E-state index contributed by atoms with van der Waals surface area (Å²) in [6.07, 6.45) is 2.96. The second-order valence-corrected chi connectivity index (χ2v) is 6.19. The van der Waals surface area contributed by atoms with Crippen molar-refractivity contribution >= 4 is 23.6 Å². The van der Waals surface area contributed by atoms with Crippen LogP contribution in [0.1, 0.15) is 22.8 Å². The number of rotatable bonds is 6. The van der Waals surface area contributed by atoms with Crippen LogP contribution in [0.25, 0.3) is 6.08 Å². The Balaban J connectivity index is 1.86. The lowest BCUT2D eigenvalue weighted by atomic mass is 10.1. The first kappa shape index (κ1) is 17.4. The number of hydrogen-bond donors (Lipinski definition) is 0. The fraction of sp³-hybridized carbons (Fsp3) is 0.211. The molecule has 0 saturated heterocycles. The van der Waals surface area contributed by atoms with Gasteiger partial charge >= 0.3 is 0 Å². The number of benzene rings is 2. The molecular weight excluding hydrogens is 343 g/mol. The molecule has 1 aliphatic rings. The quantitative estimate of drug-likeness (QED) is 0.558. The molecule has 0 unspecified atom stereocenters. The first-order valence-electron chi connectivity index (χ1n) is 7.74. The number of hydrogen-bond acceptors (Lipinski definition) is 5. The van der Waals surface area contributed by atoms with Crippen molar-refractivity contribution in [2.45, 2.75) is 11.8 Å². The molecule has 0 fully saturated rings. The molecule has 0 aliphatic carbocycles. The van der Waals surface area contributed by atoms with Gasteiger partial charge in [-0.15, -0.1) is 0 Å². The lowest BCUT2D eigenvalue weighted by Crippen LogP contribution is -2.02. The van der Waals surface area contributed by atoms with Gasteiger partial charge in [-0.3, -0.25) is 4.79 Å². The maximum Gasteiger partial charge on any atom is 0.189 e. The first-order valence-corrected chi connectivity index (χ1v) is 8.73. The van der Waals surface area contributed by atoms with Crippen LogP contribution in [-0.2, 0) is 0 Å². The number of carbonyl (C=O) groups excluding carboxylic acids is 1. The van der Waals surface area contributed by atoms with Crippen LogP contribution in [0.4, 0.5) is 4.39 Å². The van der Waals surface area contributed by atoms with E-state index in [4.69, 9.17) is 14.2 Å². The first-order chi connectivity index (χ1) is 12.1. The lowest BCUT2D eigenvalue weighted by molar-refractivity contribution is 0.104. The van der Waals surface area contributed by atoms with E-state index in [1.54, 1.807) is 30.0 Å². The molecule has 0 radical (unpaired) electrons. The fourth-order valence-corrected chi connectivity index (χ4v) is 3.20. The van der Waals surface area contributed by atoms with Crippen LogP contribution in [0.3, 0.4) is 0 Å². The largest absolute Gasteiger partial charge is 0.494 e. The third kappa shape index (κ3) is 3.79. The van der Waals surface area contributed by atoms with Crippen molar-refractivity contribution in [3.05, 3.63) is 53.4 Å². The molecule has 0 aromatic heterocycles. The van der Waals surface area contributed by atoms with E-state index in [-0.39, 0.29) is 11.5 Å². The number of methoxy groups -OCH3 is 1. The summed E-state index contributed by atoms with van der Waals surface area (Å²) in [4.78, 5) is 13.5. The van der Waals surface area contributed by atoms with E-state index in [0.29, 0.717) is 35.2 Å². The highest BCUT2D eigenvalue weighted by molar-refractivity contribution is 7.99. The molecule has 3 rings (SSSR count). The zero-order valence-electron chi connectivity index (χ0n) is 13.9. The third-order valence-electron chi connectivity index (χ3n) is 3.64. The van der Waals surface area contributed by atoms with E-state index in [0.717, 1.165) is 4.90 Å². The van der Waals surface area contributed by atoms with Crippen LogP contribution >= 0.6 is 11.8 Å². The fourth-order valence-electron chi connectivity index (χ4n) is 2.44. The predicted molar refractivity (Wildman–Crippen MR) is 95.3 cm³/mol. The second kappa shape index (κ2) is 7.61. The van der Waals surface area contributed by atoms with Crippen molar-refractivity contribution in [3.8, 4) is 17.2 Å². The summed E-state index contributed by atoms with van der Waals surface area (Å²) in [5.41, 5.74) is 0.992. The van der Waals surface area contributed by atoms with Gasteiger partial charge in [0.05, 0.1) is 24.2 Å². The minimum Gasteiger partial charge on any atom is -0.494 e. The zero-order valence-corrected chi connectivity index (χ0v) is 14.7. The van der Waals surface area contributed by atoms with Gasteiger partial charge < -0.3 is 14.2 Å². The van der Waals surface area contributed by atoms with Gasteiger partial charge in [-0.2, -0.15) is 0 Å². The Kier molecular flexibility index (Phi) is 5.28. The standard InChI is InChI=1S/C19H17FO4S/c1-3-23-17-10-19-18(24-11-25-19)9-13(17)15(21)6-4-12-5-7-16(22-2)14(20)8-12/h4-10H,3,11H2,1-2H3. The van der Waals surface area contributed by atoms with Crippen molar-refractivity contribution in [1.82, 2.24) is 0 Å². The molecule has 2 aromatic carbocycles. The molecule has 0 saturated carbocycles. The molecule has 0 bridgehead atoms. The Labute approximate surface area is 149 Å². The average molecular weight is 360 g/mol. The SMILES string of the molecule is CCOc1cc2c(cc1C(=O)C=Cc1ccc(OC)c(F)c1)OCS2. The number of ether oxygens (including phenoxy) is 3. The maximum atomic E-state index is 13.7. The minimum absolute atomic E-state index is 0.162. The van der Waals surface area contributed by atoms with Gasteiger partial charge in [0.1, 0.15) is 17.4 Å². The summed E-state index contributed by atoms with van der Waals surface area (Å²) in [5, 5.41) is 0. The van der Waals surface area contributed by atoms with E-state index in [2.05, 4.69) is 0 Å². The molecule has 1 heterocycles. The smallest absolute Gasteiger partial charge is 0.189 e. The normalized spacial score (nSPS) is 12.8. The van der Waals surface area contributed by atoms with E-state index < -0.39 is 5.82 Å². The molecule has 2 aromatic rings. The van der Waals surface area contributed by atoms with Crippen molar-refractivity contribution in [3.63, 3.8) is 0 Å². The summed E-state index contributed by atoms with van der Waals surface area (Å²) >= 11 is 1.56. The molecule has 0 N–H and O–H groups in total. The van der Waals surface area contributed by atoms with E-state index in [1.165, 1.54) is 25.3 Å². The van der Waals surface area contributed by atoms with Crippen LogP contribution in [0.2, 0.25) is 0 Å². The van der Waals surface area contributed by atoms with Crippen LogP contribution in [0.15, 0.2) is 41.3 Å². The molecule has 0 amide bonds. The number of ketones is 1. The van der Waals surface area contributed by atoms with Gasteiger partial charge in [0.25, 0.3) is 0 Å². The Morgan fingerprint density at radius 2 is 2.16 bits per heavy atom. The zero-order chi connectivity index (χ0) is 17.8. The Morgan fingerprint density at radius 1 is 1.32 bits per heavy atom. The highest BCUT2D eigenvalue weighted by Gasteiger charge is 2.20. The van der Waals surface area contributed by atoms with Crippen molar-refractivity contribution in [2.75, 3.05) is 19.7 Å². The molecule has 4 nitrogen and oxygen atoms in total.